The molecule has 12 aromatic carbocycles. The van der Waals surface area contributed by atoms with Gasteiger partial charge in [-0.25, -0.2) is 0 Å². The lowest BCUT2D eigenvalue weighted by molar-refractivity contribution is 0.617. The van der Waals surface area contributed by atoms with E-state index in [9.17, 15) is 0 Å². The Morgan fingerprint density at radius 2 is 0.797 bits per heavy atom. The molecule has 398 valence electrons. The van der Waals surface area contributed by atoms with Crippen LogP contribution in [0.25, 0.3) is 131 Å². The predicted molar refractivity (Wildman–Crippen MR) is 350 cm³/mol. The van der Waals surface area contributed by atoms with Crippen molar-refractivity contribution in [1.82, 2.24) is 0 Å². The molecule has 13 rings (SSSR count). The van der Waals surface area contributed by atoms with E-state index < -0.39 is 0 Å². The zero-order valence-electron chi connectivity index (χ0n) is 47.5. The summed E-state index contributed by atoms with van der Waals surface area (Å²) < 4.78 is 0. The molecule has 0 saturated heterocycles. The topological polar surface area (TPSA) is 48.1 Å². The maximum atomic E-state index is 4.19. The molecule has 4 nitrogen and oxygen atoms in total. The first-order valence-electron chi connectivity index (χ1n) is 30.6. The van der Waals surface area contributed by atoms with Crippen molar-refractivity contribution in [3.63, 3.8) is 0 Å². The van der Waals surface area contributed by atoms with Gasteiger partial charge in [-0.15, -0.1) is 0 Å². The quantitative estimate of drug-likeness (QED) is 0.0360. The Hall–Kier alpha value is -7.56. The monoisotopic (exact) mass is 1030 g/mol. The van der Waals surface area contributed by atoms with E-state index >= 15 is 0 Å². The molecule has 0 radical (unpaired) electrons. The molecule has 0 spiro atoms. The summed E-state index contributed by atoms with van der Waals surface area (Å²) in [4.78, 5) is 0. The second kappa shape index (κ2) is 21.9. The molecule has 0 heterocycles. The van der Waals surface area contributed by atoms with Crippen LogP contribution >= 0.6 is 0 Å². The molecule has 12 aromatic rings. The highest BCUT2D eigenvalue weighted by atomic mass is 14.9. The van der Waals surface area contributed by atoms with Crippen LogP contribution in [0.15, 0.2) is 146 Å². The molecular formula is C75H78N4. The van der Waals surface area contributed by atoms with Crippen LogP contribution < -0.4 is 21.3 Å². The normalized spacial score (nSPS) is 12.7. The van der Waals surface area contributed by atoms with E-state index in [1.807, 2.05) is 0 Å². The molecule has 0 amide bonds. The van der Waals surface area contributed by atoms with Gasteiger partial charge in [-0.1, -0.05) is 231 Å². The van der Waals surface area contributed by atoms with Crippen molar-refractivity contribution >= 4 is 109 Å². The first kappa shape index (κ1) is 50.9. The summed E-state index contributed by atoms with van der Waals surface area (Å²) in [6.07, 6.45) is 17.3. The van der Waals surface area contributed by atoms with Crippen molar-refractivity contribution < 1.29 is 0 Å². The largest absolute Gasteiger partial charge is 0.385 e. The number of hydrogen-bond donors (Lipinski definition) is 4. The summed E-state index contributed by atoms with van der Waals surface area (Å²) in [5.74, 6) is 0. The lowest BCUT2D eigenvalue weighted by atomic mass is 9.90. The third kappa shape index (κ3) is 8.64. The molecule has 0 aromatic heterocycles. The van der Waals surface area contributed by atoms with Crippen LogP contribution in [-0.2, 0) is 0 Å². The second-order valence-corrected chi connectivity index (χ2v) is 23.1. The average molecular weight is 1040 g/mol. The van der Waals surface area contributed by atoms with Gasteiger partial charge < -0.3 is 21.3 Å². The summed E-state index contributed by atoms with van der Waals surface area (Å²) in [5, 5.41) is 37.8. The van der Waals surface area contributed by atoms with Crippen molar-refractivity contribution in [3.05, 3.63) is 146 Å². The number of nitrogens with one attached hydrogen (secondary N) is 4. The third-order valence-corrected chi connectivity index (χ3v) is 18.0. The highest BCUT2D eigenvalue weighted by molar-refractivity contribution is 6.47. The number of fused-ring (bicyclic) bond motifs is 10. The van der Waals surface area contributed by atoms with Gasteiger partial charge in [0.1, 0.15) is 0 Å². The van der Waals surface area contributed by atoms with Crippen LogP contribution in [0.2, 0.25) is 0 Å². The number of rotatable bonds is 24. The fourth-order valence-electron chi connectivity index (χ4n) is 14.1. The van der Waals surface area contributed by atoms with Gasteiger partial charge in [0.15, 0.2) is 0 Å². The Labute approximate surface area is 468 Å². The number of anilines is 4. The SMILES string of the molecule is CCCCCCCCNc1cc(-c2cccc3ccccc23)c(NCCCCCCCC)c2c1-c1ccc(-c3ccc4c5c(NCCC)c6c7cccc8cccc(c6c(NC(C)CC)c5c5cccc3c45)c87)c3cccc-2c13. The summed E-state index contributed by atoms with van der Waals surface area (Å²) in [7, 11) is 0. The molecule has 0 bridgehead atoms. The van der Waals surface area contributed by atoms with Crippen LogP contribution in [0.5, 0.6) is 0 Å². The number of unbranched alkanes of at least 4 members (excludes halogenated alkanes) is 10. The average Bonchev–Trinajstić information content (AvgIpc) is 2.27. The third-order valence-electron chi connectivity index (χ3n) is 18.0. The van der Waals surface area contributed by atoms with Crippen molar-refractivity contribution in [3.8, 4) is 44.5 Å². The van der Waals surface area contributed by atoms with Crippen molar-refractivity contribution in [2.24, 2.45) is 0 Å². The van der Waals surface area contributed by atoms with E-state index in [0.717, 1.165) is 45.3 Å². The number of benzene rings is 10. The molecule has 1 aliphatic rings. The molecule has 4 heteroatoms. The van der Waals surface area contributed by atoms with Crippen molar-refractivity contribution in [2.45, 2.75) is 131 Å². The van der Waals surface area contributed by atoms with Gasteiger partial charge in [0.25, 0.3) is 0 Å². The molecule has 1 atom stereocenters. The zero-order valence-corrected chi connectivity index (χ0v) is 47.5. The maximum absolute atomic E-state index is 4.19. The lowest BCUT2D eigenvalue weighted by Crippen LogP contribution is -2.14. The van der Waals surface area contributed by atoms with Gasteiger partial charge in [0, 0.05) is 69.6 Å². The minimum absolute atomic E-state index is 0.294. The van der Waals surface area contributed by atoms with E-state index in [1.54, 1.807) is 0 Å². The van der Waals surface area contributed by atoms with Crippen LogP contribution in [0.3, 0.4) is 0 Å². The van der Waals surface area contributed by atoms with Gasteiger partial charge in [-0.2, -0.15) is 0 Å². The van der Waals surface area contributed by atoms with Crippen molar-refractivity contribution in [1.29, 1.82) is 0 Å². The first-order valence-corrected chi connectivity index (χ1v) is 30.6. The standard InChI is InChI=1S/C75H78N4/c1-6-10-12-14-16-20-44-76-63-46-62(51-32-22-28-48-27-18-19-31-50(48)51)73(78-45-21-17-15-13-11-7-2)68-58-37-25-33-54-52(39-41-60(65(54)58)67(63)68)53-40-42-61-66-55(53)34-26-38-59(66)72-70(61)74(77-43-8-3)69-56-35-23-29-49-30-24-36-57(64(49)56)71(69)75(72)79-47(5)9-4/h18-19,22-42,46-47,76-79H,6-17,20-21,43-45H2,1-5H3. The Kier molecular flexibility index (Phi) is 14.1. The number of hydrogen-bond acceptors (Lipinski definition) is 4. The summed E-state index contributed by atoms with van der Waals surface area (Å²) >= 11 is 0. The van der Waals surface area contributed by atoms with Gasteiger partial charge >= 0.3 is 0 Å². The fourth-order valence-corrected chi connectivity index (χ4v) is 14.1. The fraction of sp³-hybridized carbons (Fsp3) is 0.307. The molecule has 0 saturated carbocycles. The van der Waals surface area contributed by atoms with Crippen LogP contribution in [-0.4, -0.2) is 25.7 Å². The van der Waals surface area contributed by atoms with Crippen molar-refractivity contribution in [2.75, 3.05) is 40.9 Å². The molecule has 1 unspecified atom stereocenters. The minimum atomic E-state index is 0.294. The predicted octanol–water partition coefficient (Wildman–Crippen LogP) is 22.3. The van der Waals surface area contributed by atoms with Gasteiger partial charge in [-0.3, -0.25) is 0 Å². The Balaban J connectivity index is 1.02. The second-order valence-electron chi connectivity index (χ2n) is 23.1. The van der Waals surface area contributed by atoms with Gasteiger partial charge in [0.2, 0.25) is 0 Å². The summed E-state index contributed by atoms with van der Waals surface area (Å²) in [5.41, 5.74) is 15.5. The minimum Gasteiger partial charge on any atom is -0.385 e. The van der Waals surface area contributed by atoms with Crippen LogP contribution in [0, 0.1) is 0 Å². The summed E-state index contributed by atoms with van der Waals surface area (Å²) in [6, 6.07) is 56.5. The highest BCUT2D eigenvalue weighted by Gasteiger charge is 2.32. The van der Waals surface area contributed by atoms with E-state index in [0.29, 0.717) is 6.04 Å². The summed E-state index contributed by atoms with van der Waals surface area (Å²) in [6.45, 7) is 14.3. The van der Waals surface area contributed by atoms with Gasteiger partial charge in [-0.05, 0) is 131 Å². The van der Waals surface area contributed by atoms with E-state index in [4.69, 9.17) is 0 Å². The Bertz CT molecular complexity index is 4190. The Morgan fingerprint density at radius 3 is 1.51 bits per heavy atom. The van der Waals surface area contributed by atoms with Crippen LogP contribution in [0.4, 0.5) is 22.7 Å². The molecular weight excluding hydrogens is 957 g/mol. The lowest BCUT2D eigenvalue weighted by Gasteiger charge is -2.23. The molecule has 1 aliphatic carbocycles. The molecule has 0 fully saturated rings. The smallest absolute Gasteiger partial charge is 0.0516 e. The highest BCUT2D eigenvalue weighted by Crippen LogP contribution is 2.59. The first-order chi connectivity index (χ1) is 39.0. The Morgan fingerprint density at radius 1 is 0.316 bits per heavy atom. The van der Waals surface area contributed by atoms with Crippen LogP contribution in [0.1, 0.15) is 125 Å². The maximum Gasteiger partial charge on any atom is 0.0516 e. The van der Waals surface area contributed by atoms with E-state index in [2.05, 4.69) is 201 Å². The van der Waals surface area contributed by atoms with E-state index in [1.165, 1.54) is 218 Å². The van der Waals surface area contributed by atoms with E-state index in [-0.39, 0.29) is 0 Å². The zero-order chi connectivity index (χ0) is 53.6. The molecule has 79 heavy (non-hydrogen) atoms. The molecule has 0 aliphatic heterocycles. The molecule has 4 N–H and O–H groups in total. The van der Waals surface area contributed by atoms with Gasteiger partial charge in [0.05, 0.1) is 17.1 Å².